The number of amides is 2. The van der Waals surface area contributed by atoms with Crippen LogP contribution in [0.3, 0.4) is 0 Å². The van der Waals surface area contributed by atoms with Crippen LogP contribution in [-0.2, 0) is 4.79 Å². The van der Waals surface area contributed by atoms with E-state index in [0.717, 1.165) is 6.42 Å². The maximum absolute atomic E-state index is 12.0. The summed E-state index contributed by atoms with van der Waals surface area (Å²) < 4.78 is 0. The molecule has 1 aliphatic rings. The highest BCUT2D eigenvalue weighted by molar-refractivity contribution is 5.82. The van der Waals surface area contributed by atoms with Crippen molar-refractivity contribution in [2.24, 2.45) is 5.92 Å². The third-order valence-corrected chi connectivity index (χ3v) is 3.42. The van der Waals surface area contributed by atoms with Gasteiger partial charge in [0, 0.05) is 26.1 Å². The summed E-state index contributed by atoms with van der Waals surface area (Å²) in [7, 11) is 1.48. The zero-order chi connectivity index (χ0) is 13.2. The minimum Gasteiger partial charge on any atom is -0.480 e. The number of nitrogens with zero attached hydrogens (tertiary/aromatic N) is 2. The summed E-state index contributed by atoms with van der Waals surface area (Å²) in [5.74, 6) is -0.931. The Morgan fingerprint density at radius 1 is 1.41 bits per heavy atom. The second kappa shape index (κ2) is 5.35. The number of rotatable bonds is 3. The molecule has 0 aromatic heterocycles. The highest BCUT2D eigenvalue weighted by Crippen LogP contribution is 2.20. The Balaban J connectivity index is 2.57. The van der Waals surface area contributed by atoms with E-state index in [1.807, 2.05) is 0 Å². The lowest BCUT2D eigenvalue weighted by atomic mass is 10.0. The molecular formula is C11H20N2O4. The molecule has 3 atom stereocenters. The molecule has 2 N–H and O–H groups in total. The maximum Gasteiger partial charge on any atom is 0.326 e. The largest absolute Gasteiger partial charge is 0.480 e. The molecule has 0 spiro atoms. The lowest BCUT2D eigenvalue weighted by molar-refractivity contribution is -0.141. The molecule has 98 valence electrons. The predicted octanol–water partition coefficient (Wildman–Crippen LogP) is 0.214. The van der Waals surface area contributed by atoms with Crippen molar-refractivity contribution in [2.45, 2.75) is 32.4 Å². The number of likely N-dealkylation sites (tertiary alicyclic amines) is 1. The van der Waals surface area contributed by atoms with Crippen molar-refractivity contribution < 1.29 is 19.8 Å². The first kappa shape index (κ1) is 13.8. The van der Waals surface area contributed by atoms with Crippen LogP contribution in [0.5, 0.6) is 0 Å². The molecule has 0 aliphatic carbocycles. The first-order valence-electron chi connectivity index (χ1n) is 5.77. The number of aliphatic hydroxyl groups is 1. The number of aliphatic carboxylic acids is 1. The minimum absolute atomic E-state index is 0.0903. The van der Waals surface area contributed by atoms with Crippen molar-refractivity contribution in [1.82, 2.24) is 9.80 Å². The van der Waals surface area contributed by atoms with E-state index in [1.54, 1.807) is 11.8 Å². The Morgan fingerprint density at radius 3 is 2.41 bits per heavy atom. The molecule has 2 amide bonds. The van der Waals surface area contributed by atoms with Crippen LogP contribution in [0, 0.1) is 5.92 Å². The molecule has 6 nitrogen and oxygen atoms in total. The number of likely N-dealkylation sites (N-methyl/N-ethyl adjacent to an activating group) is 1. The third kappa shape index (κ3) is 3.09. The van der Waals surface area contributed by atoms with Crippen LogP contribution in [-0.4, -0.2) is 64.3 Å². The average molecular weight is 244 g/mol. The van der Waals surface area contributed by atoms with Crippen LogP contribution in [0.1, 0.15) is 20.3 Å². The van der Waals surface area contributed by atoms with Gasteiger partial charge in [-0.1, -0.05) is 0 Å². The molecule has 3 unspecified atom stereocenters. The topological polar surface area (TPSA) is 81.1 Å². The van der Waals surface area contributed by atoms with E-state index >= 15 is 0 Å². The fraction of sp³-hybridized carbons (Fsp3) is 0.818. The minimum atomic E-state index is -1.02. The van der Waals surface area contributed by atoms with Crippen LogP contribution in [0.15, 0.2) is 0 Å². The zero-order valence-corrected chi connectivity index (χ0v) is 10.5. The van der Waals surface area contributed by atoms with Crippen LogP contribution in [0.4, 0.5) is 4.79 Å². The monoisotopic (exact) mass is 244 g/mol. The maximum atomic E-state index is 12.0. The lowest BCUT2D eigenvalue weighted by Crippen LogP contribution is -2.47. The molecule has 0 saturated carbocycles. The fourth-order valence-electron chi connectivity index (χ4n) is 1.91. The number of aliphatic hydroxyl groups excluding tert-OH is 1. The van der Waals surface area contributed by atoms with Gasteiger partial charge >= 0.3 is 12.0 Å². The molecular weight excluding hydrogens is 224 g/mol. The van der Waals surface area contributed by atoms with Gasteiger partial charge in [-0.15, -0.1) is 0 Å². The Kier molecular flexibility index (Phi) is 4.34. The van der Waals surface area contributed by atoms with Gasteiger partial charge in [-0.3, -0.25) is 0 Å². The van der Waals surface area contributed by atoms with E-state index in [1.165, 1.54) is 18.9 Å². The first-order valence-corrected chi connectivity index (χ1v) is 5.77. The van der Waals surface area contributed by atoms with Crippen LogP contribution in [0.2, 0.25) is 0 Å². The summed E-state index contributed by atoms with van der Waals surface area (Å²) in [6.07, 6.45) is 0.327. The molecule has 0 aromatic carbocycles. The summed E-state index contributed by atoms with van der Waals surface area (Å²) in [4.78, 5) is 25.6. The van der Waals surface area contributed by atoms with E-state index in [0.29, 0.717) is 13.1 Å². The molecule has 17 heavy (non-hydrogen) atoms. The predicted molar refractivity (Wildman–Crippen MR) is 61.6 cm³/mol. The van der Waals surface area contributed by atoms with Gasteiger partial charge < -0.3 is 20.0 Å². The smallest absolute Gasteiger partial charge is 0.326 e. The molecule has 1 heterocycles. The van der Waals surface area contributed by atoms with Crippen molar-refractivity contribution in [3.63, 3.8) is 0 Å². The van der Waals surface area contributed by atoms with Crippen LogP contribution in [0.25, 0.3) is 0 Å². The van der Waals surface area contributed by atoms with Gasteiger partial charge in [0.2, 0.25) is 0 Å². The second-order valence-electron chi connectivity index (χ2n) is 4.64. The molecule has 0 radical (unpaired) electrons. The number of carbonyl (C=O) groups is 2. The number of carbonyl (C=O) groups excluding carboxylic acids is 1. The molecule has 6 heteroatoms. The van der Waals surface area contributed by atoms with Crippen molar-refractivity contribution in [3.8, 4) is 0 Å². The zero-order valence-electron chi connectivity index (χ0n) is 10.5. The summed E-state index contributed by atoms with van der Waals surface area (Å²) in [5, 5.41) is 18.3. The molecule has 1 aliphatic heterocycles. The normalized spacial score (nSPS) is 23.3. The van der Waals surface area contributed by atoms with E-state index < -0.39 is 18.1 Å². The van der Waals surface area contributed by atoms with Gasteiger partial charge in [-0.25, -0.2) is 9.59 Å². The summed E-state index contributed by atoms with van der Waals surface area (Å²) in [5.41, 5.74) is 0. The first-order chi connectivity index (χ1) is 7.84. The van der Waals surface area contributed by atoms with Crippen LogP contribution < -0.4 is 0 Å². The number of carboxylic acid groups (broad SMARTS) is 1. The number of carboxylic acids is 1. The Bertz CT molecular complexity index is 306. The van der Waals surface area contributed by atoms with Gasteiger partial charge in [0.15, 0.2) is 0 Å². The molecule has 0 aromatic rings. The van der Waals surface area contributed by atoms with Gasteiger partial charge in [-0.2, -0.15) is 0 Å². The number of hydrogen-bond donors (Lipinski definition) is 2. The fourth-order valence-corrected chi connectivity index (χ4v) is 1.91. The van der Waals surface area contributed by atoms with Gasteiger partial charge in [0.25, 0.3) is 0 Å². The summed E-state index contributed by atoms with van der Waals surface area (Å²) in [6, 6.07) is -1.13. The summed E-state index contributed by atoms with van der Waals surface area (Å²) >= 11 is 0. The lowest BCUT2D eigenvalue weighted by Gasteiger charge is -2.27. The van der Waals surface area contributed by atoms with Crippen LogP contribution >= 0.6 is 0 Å². The van der Waals surface area contributed by atoms with E-state index in [2.05, 4.69) is 0 Å². The molecule has 1 fully saturated rings. The van der Waals surface area contributed by atoms with E-state index in [4.69, 9.17) is 5.11 Å². The highest BCUT2D eigenvalue weighted by Gasteiger charge is 2.32. The summed E-state index contributed by atoms with van der Waals surface area (Å²) in [6.45, 7) is 4.25. The molecule has 0 bridgehead atoms. The van der Waals surface area contributed by atoms with E-state index in [-0.39, 0.29) is 11.9 Å². The molecule has 1 rings (SSSR count). The Hall–Kier alpha value is -1.30. The van der Waals surface area contributed by atoms with E-state index in [9.17, 15) is 14.7 Å². The Morgan fingerprint density at radius 2 is 2.00 bits per heavy atom. The number of urea groups is 1. The highest BCUT2D eigenvalue weighted by atomic mass is 16.4. The van der Waals surface area contributed by atoms with Gasteiger partial charge in [0.1, 0.15) is 6.04 Å². The van der Waals surface area contributed by atoms with Crippen molar-refractivity contribution in [3.05, 3.63) is 0 Å². The van der Waals surface area contributed by atoms with Gasteiger partial charge in [-0.05, 0) is 20.3 Å². The van der Waals surface area contributed by atoms with Crippen molar-refractivity contribution in [2.75, 3.05) is 20.1 Å². The quantitative estimate of drug-likeness (QED) is 0.744. The van der Waals surface area contributed by atoms with Crippen molar-refractivity contribution in [1.29, 1.82) is 0 Å². The average Bonchev–Trinajstić information content (AvgIpc) is 2.75. The van der Waals surface area contributed by atoms with Crippen molar-refractivity contribution >= 4 is 12.0 Å². The third-order valence-electron chi connectivity index (χ3n) is 3.42. The SMILES string of the molecule is CC(O)C1CCN(C(=O)N(C)C(C)C(=O)O)C1. The van der Waals surface area contributed by atoms with Gasteiger partial charge in [0.05, 0.1) is 6.10 Å². The Labute approximate surface area is 101 Å². The molecule has 1 saturated heterocycles. The standard InChI is InChI=1S/C11H20N2O4/c1-7(10(15)16)12(3)11(17)13-5-4-9(6-13)8(2)14/h7-9,14H,4-6H2,1-3H3,(H,15,16). The second-order valence-corrected chi connectivity index (χ2v) is 4.64. The number of hydrogen-bond acceptors (Lipinski definition) is 3.